The molecule has 4 rings (SSSR count). The molecule has 0 aromatic carbocycles. The van der Waals surface area contributed by atoms with E-state index in [4.69, 9.17) is 4.52 Å². The second-order valence-electron chi connectivity index (χ2n) is 6.54. The summed E-state index contributed by atoms with van der Waals surface area (Å²) in [5, 5.41) is 6.78. The Morgan fingerprint density at radius 1 is 1.14 bits per heavy atom. The smallest absolute Gasteiger partial charge is 0.292 e. The van der Waals surface area contributed by atoms with Crippen LogP contribution in [0.25, 0.3) is 0 Å². The number of hydrogen-bond donors (Lipinski definition) is 1. The molecular weight excluding hydrogens is 268 g/mol. The molecule has 1 atom stereocenters. The molecule has 1 amide bonds. The van der Waals surface area contributed by atoms with E-state index < -0.39 is 0 Å². The molecule has 114 valence electrons. The van der Waals surface area contributed by atoms with Crippen molar-refractivity contribution in [3.63, 3.8) is 0 Å². The molecule has 3 aliphatic rings. The van der Waals surface area contributed by atoms with E-state index in [-0.39, 0.29) is 17.8 Å². The lowest BCUT2D eigenvalue weighted by Crippen LogP contribution is -2.33. The number of carbonyl (C=O) groups is 1. The average molecular weight is 290 g/mol. The van der Waals surface area contributed by atoms with E-state index in [1.807, 2.05) is 0 Å². The molecule has 1 aromatic rings. The molecule has 1 saturated heterocycles. The van der Waals surface area contributed by atoms with Crippen LogP contribution in [0.15, 0.2) is 4.52 Å². The molecule has 2 saturated carbocycles. The van der Waals surface area contributed by atoms with Gasteiger partial charge in [-0.15, -0.1) is 0 Å². The predicted molar refractivity (Wildman–Crippen MR) is 75.7 cm³/mol. The van der Waals surface area contributed by atoms with Gasteiger partial charge in [-0.2, -0.15) is 4.98 Å². The monoisotopic (exact) mass is 290 g/mol. The third kappa shape index (κ3) is 2.69. The van der Waals surface area contributed by atoms with Crippen LogP contribution < -0.4 is 5.32 Å². The highest BCUT2D eigenvalue weighted by Gasteiger charge is 2.37. The van der Waals surface area contributed by atoms with Crippen molar-refractivity contribution in [2.24, 2.45) is 0 Å². The number of carbonyl (C=O) groups excluding carboxylic acids is 1. The van der Waals surface area contributed by atoms with Crippen LogP contribution in [0.2, 0.25) is 0 Å². The number of likely N-dealkylation sites (tertiary alicyclic amines) is 1. The Kier molecular flexibility index (Phi) is 3.41. The first-order chi connectivity index (χ1) is 10.3. The summed E-state index contributed by atoms with van der Waals surface area (Å²) >= 11 is 0. The predicted octanol–water partition coefficient (Wildman–Crippen LogP) is 2.04. The van der Waals surface area contributed by atoms with Gasteiger partial charge in [0.25, 0.3) is 11.7 Å². The Bertz CT molecular complexity index is 519. The van der Waals surface area contributed by atoms with Crippen molar-refractivity contribution in [2.75, 3.05) is 6.54 Å². The fraction of sp³-hybridized carbons (Fsp3) is 0.800. The molecule has 2 heterocycles. The van der Waals surface area contributed by atoms with Crippen LogP contribution in [-0.2, 0) is 0 Å². The number of rotatable bonds is 4. The fourth-order valence-electron chi connectivity index (χ4n) is 3.67. The van der Waals surface area contributed by atoms with Gasteiger partial charge in [-0.05, 0) is 45.1 Å². The molecule has 0 bridgehead atoms. The van der Waals surface area contributed by atoms with Crippen molar-refractivity contribution in [1.82, 2.24) is 20.4 Å². The highest BCUT2D eigenvalue weighted by Crippen LogP contribution is 2.37. The van der Waals surface area contributed by atoms with E-state index in [9.17, 15) is 4.79 Å². The maximum Gasteiger partial charge on any atom is 0.292 e. The Hall–Kier alpha value is -1.43. The molecule has 0 spiro atoms. The Balaban J connectivity index is 1.47. The Labute approximate surface area is 124 Å². The third-order valence-corrected chi connectivity index (χ3v) is 4.93. The van der Waals surface area contributed by atoms with Crippen LogP contribution in [-0.4, -0.2) is 39.6 Å². The van der Waals surface area contributed by atoms with Crippen molar-refractivity contribution in [1.29, 1.82) is 0 Å². The minimum absolute atomic E-state index is 0.190. The average Bonchev–Trinajstić information content (AvgIpc) is 3.00. The lowest BCUT2D eigenvalue weighted by atomic mass is 10.1. The summed E-state index contributed by atoms with van der Waals surface area (Å²) in [6.07, 6.45) is 9.57. The molecule has 6 nitrogen and oxygen atoms in total. The van der Waals surface area contributed by atoms with Crippen molar-refractivity contribution in [2.45, 2.75) is 69.5 Å². The molecule has 3 fully saturated rings. The van der Waals surface area contributed by atoms with E-state index in [0.29, 0.717) is 18.0 Å². The molecule has 1 N–H and O–H groups in total. The van der Waals surface area contributed by atoms with Gasteiger partial charge in [-0.25, -0.2) is 0 Å². The molecule has 6 heteroatoms. The SMILES string of the molecule is O=C(NC1CC1)c1noc(C2CCCN2C2CCCC2)n1. The van der Waals surface area contributed by atoms with Crippen molar-refractivity contribution in [3.05, 3.63) is 11.7 Å². The second kappa shape index (κ2) is 5.40. The zero-order valence-corrected chi connectivity index (χ0v) is 12.3. The van der Waals surface area contributed by atoms with Crippen LogP contribution in [0.3, 0.4) is 0 Å². The lowest BCUT2D eigenvalue weighted by molar-refractivity contribution is 0.0937. The Morgan fingerprint density at radius 2 is 1.95 bits per heavy atom. The first-order valence-corrected chi connectivity index (χ1v) is 8.21. The fourth-order valence-corrected chi connectivity index (χ4v) is 3.67. The van der Waals surface area contributed by atoms with Gasteiger partial charge in [0.15, 0.2) is 0 Å². The molecule has 21 heavy (non-hydrogen) atoms. The maximum absolute atomic E-state index is 12.0. The molecule has 1 unspecified atom stereocenters. The van der Waals surface area contributed by atoms with E-state index in [1.54, 1.807) is 0 Å². The molecule has 1 aromatic heterocycles. The van der Waals surface area contributed by atoms with Gasteiger partial charge in [0.05, 0.1) is 6.04 Å². The van der Waals surface area contributed by atoms with Crippen LogP contribution in [0.4, 0.5) is 0 Å². The highest BCUT2D eigenvalue weighted by molar-refractivity contribution is 5.90. The summed E-state index contributed by atoms with van der Waals surface area (Å²) in [4.78, 5) is 18.8. The van der Waals surface area contributed by atoms with Crippen molar-refractivity contribution >= 4 is 5.91 Å². The van der Waals surface area contributed by atoms with Crippen molar-refractivity contribution < 1.29 is 9.32 Å². The normalized spacial score (nSPS) is 27.3. The van der Waals surface area contributed by atoms with E-state index in [0.717, 1.165) is 25.8 Å². The summed E-state index contributed by atoms with van der Waals surface area (Å²) in [5.74, 6) is 0.619. The van der Waals surface area contributed by atoms with Gasteiger partial charge in [0.1, 0.15) is 0 Å². The highest BCUT2D eigenvalue weighted by atomic mass is 16.5. The lowest BCUT2D eigenvalue weighted by Gasteiger charge is -2.27. The number of nitrogens with zero attached hydrogens (tertiary/aromatic N) is 3. The summed E-state index contributed by atoms with van der Waals surface area (Å²) in [6.45, 7) is 1.11. The standard InChI is InChI=1S/C15H22N4O2/c20-14(16-10-7-8-10)13-17-15(21-18-13)12-6-3-9-19(12)11-4-1-2-5-11/h10-12H,1-9H2,(H,16,20). The number of hydrogen-bond acceptors (Lipinski definition) is 5. The maximum atomic E-state index is 12.0. The summed E-state index contributed by atoms with van der Waals surface area (Å²) in [7, 11) is 0. The second-order valence-corrected chi connectivity index (χ2v) is 6.54. The summed E-state index contributed by atoms with van der Waals surface area (Å²) < 4.78 is 5.40. The number of nitrogens with one attached hydrogen (secondary N) is 1. The van der Waals surface area contributed by atoms with Crippen LogP contribution in [0.5, 0.6) is 0 Å². The first kappa shape index (κ1) is 13.2. The Morgan fingerprint density at radius 3 is 2.71 bits per heavy atom. The number of amides is 1. The van der Waals surface area contributed by atoms with E-state index in [2.05, 4.69) is 20.4 Å². The minimum atomic E-state index is -0.196. The van der Waals surface area contributed by atoms with Gasteiger partial charge in [0, 0.05) is 12.1 Å². The quantitative estimate of drug-likeness (QED) is 0.918. The van der Waals surface area contributed by atoms with E-state index in [1.165, 1.54) is 32.1 Å². The van der Waals surface area contributed by atoms with E-state index >= 15 is 0 Å². The van der Waals surface area contributed by atoms with Crippen LogP contribution in [0.1, 0.15) is 73.9 Å². The van der Waals surface area contributed by atoms with Gasteiger partial charge in [0.2, 0.25) is 5.89 Å². The topological polar surface area (TPSA) is 71.3 Å². The molecular formula is C15H22N4O2. The summed E-state index contributed by atoms with van der Waals surface area (Å²) in [5.41, 5.74) is 0. The van der Waals surface area contributed by atoms with Crippen molar-refractivity contribution in [3.8, 4) is 0 Å². The first-order valence-electron chi connectivity index (χ1n) is 8.21. The molecule has 2 aliphatic carbocycles. The van der Waals surface area contributed by atoms with Gasteiger partial charge >= 0.3 is 0 Å². The van der Waals surface area contributed by atoms with Gasteiger partial charge < -0.3 is 9.84 Å². The summed E-state index contributed by atoms with van der Waals surface area (Å²) in [6, 6.07) is 1.19. The molecule has 1 aliphatic heterocycles. The van der Waals surface area contributed by atoms with Crippen LogP contribution >= 0.6 is 0 Å². The molecule has 0 radical (unpaired) electrons. The largest absolute Gasteiger partial charge is 0.346 e. The number of aromatic nitrogens is 2. The van der Waals surface area contributed by atoms with Gasteiger partial charge in [-0.1, -0.05) is 18.0 Å². The third-order valence-electron chi connectivity index (χ3n) is 4.93. The van der Waals surface area contributed by atoms with Crippen LogP contribution in [0, 0.1) is 0 Å². The van der Waals surface area contributed by atoms with Gasteiger partial charge in [-0.3, -0.25) is 9.69 Å². The zero-order chi connectivity index (χ0) is 14.2. The zero-order valence-electron chi connectivity index (χ0n) is 12.3. The minimum Gasteiger partial charge on any atom is -0.346 e.